The Kier molecular flexibility index (Phi) is 3.36. The highest BCUT2D eigenvalue weighted by Crippen LogP contribution is 2.35. The van der Waals surface area contributed by atoms with Crippen molar-refractivity contribution in [2.24, 2.45) is 5.73 Å². The number of halogens is 1. The van der Waals surface area contributed by atoms with E-state index in [4.69, 9.17) is 5.73 Å². The molecule has 1 atom stereocenters. The Hall–Kier alpha value is -1.07. The first-order valence-corrected chi connectivity index (χ1v) is 4.45. The number of aromatic hydroxyl groups is 2. The minimum atomic E-state index is -0.480. The van der Waals surface area contributed by atoms with Crippen molar-refractivity contribution in [2.75, 3.05) is 0 Å². The van der Waals surface area contributed by atoms with Gasteiger partial charge in [0, 0.05) is 11.1 Å². The third-order valence-corrected chi connectivity index (χ3v) is 2.57. The second-order valence-electron chi connectivity index (χ2n) is 3.47. The van der Waals surface area contributed by atoms with Crippen molar-refractivity contribution in [1.29, 1.82) is 0 Å². The van der Waals surface area contributed by atoms with E-state index in [0.29, 0.717) is 24.0 Å². The number of phenolic OH excluding ortho intramolecular Hbond substituents is 2. The fraction of sp³-hybridized carbons (Fsp3) is 0.300. The zero-order chi connectivity index (χ0) is 10.3. The molecule has 5 heteroatoms. The molecule has 0 saturated carbocycles. The number of hydrogen-bond acceptors (Lipinski definition) is 4. The molecule has 1 aromatic rings. The molecule has 15 heavy (non-hydrogen) atoms. The van der Waals surface area contributed by atoms with Crippen molar-refractivity contribution in [2.45, 2.75) is 18.9 Å². The van der Waals surface area contributed by atoms with Crippen LogP contribution in [0, 0.1) is 0 Å². The van der Waals surface area contributed by atoms with Gasteiger partial charge >= 0.3 is 0 Å². The van der Waals surface area contributed by atoms with E-state index in [-0.39, 0.29) is 34.3 Å². The lowest BCUT2D eigenvalue weighted by molar-refractivity contribution is 0.0947. The summed E-state index contributed by atoms with van der Waals surface area (Å²) in [5.41, 5.74) is 6.53. The van der Waals surface area contributed by atoms with E-state index in [0.717, 1.165) is 0 Å². The van der Waals surface area contributed by atoms with Crippen molar-refractivity contribution < 1.29 is 15.0 Å². The molecule has 1 aliphatic carbocycles. The third kappa shape index (κ3) is 1.85. The number of ketones is 1. The molecule has 0 aliphatic heterocycles. The molecule has 0 heterocycles. The predicted molar refractivity (Wildman–Crippen MR) is 60.7 cm³/mol. The quantitative estimate of drug-likeness (QED) is 0.619. The standard InChI is InChI=1S/C10H11NO3.BrH/c11-7-3-1-6-5(9(7)13)2-4-8(12)10(6)14;/h2,4,7,12,14H,1,3,11H2;1H. The Morgan fingerprint density at radius 2 is 2.00 bits per heavy atom. The summed E-state index contributed by atoms with van der Waals surface area (Å²) in [5.74, 6) is -0.545. The molecule has 1 unspecified atom stereocenters. The molecule has 0 spiro atoms. The van der Waals surface area contributed by atoms with E-state index in [1.54, 1.807) is 0 Å². The molecule has 0 amide bonds. The highest BCUT2D eigenvalue weighted by atomic mass is 79.9. The number of phenols is 2. The van der Waals surface area contributed by atoms with E-state index in [9.17, 15) is 15.0 Å². The number of fused-ring (bicyclic) bond motifs is 1. The van der Waals surface area contributed by atoms with Gasteiger partial charge in [-0.2, -0.15) is 0 Å². The minimum Gasteiger partial charge on any atom is -0.504 e. The normalized spacial score (nSPS) is 19.3. The maximum absolute atomic E-state index is 11.6. The van der Waals surface area contributed by atoms with Crippen molar-refractivity contribution >= 4 is 22.8 Å². The second kappa shape index (κ2) is 4.20. The van der Waals surface area contributed by atoms with Gasteiger partial charge in [-0.15, -0.1) is 17.0 Å². The second-order valence-corrected chi connectivity index (χ2v) is 3.47. The van der Waals surface area contributed by atoms with Crippen LogP contribution in [-0.4, -0.2) is 22.0 Å². The van der Waals surface area contributed by atoms with Crippen molar-refractivity contribution in [3.8, 4) is 11.5 Å². The largest absolute Gasteiger partial charge is 0.504 e. The lowest BCUT2D eigenvalue weighted by Gasteiger charge is -2.20. The molecule has 82 valence electrons. The van der Waals surface area contributed by atoms with Crippen LogP contribution in [0.3, 0.4) is 0 Å². The molecule has 0 radical (unpaired) electrons. The van der Waals surface area contributed by atoms with Gasteiger partial charge in [0.25, 0.3) is 0 Å². The first kappa shape index (κ1) is 12.0. The van der Waals surface area contributed by atoms with Crippen LogP contribution in [0.25, 0.3) is 0 Å². The van der Waals surface area contributed by atoms with Crippen LogP contribution >= 0.6 is 17.0 Å². The van der Waals surface area contributed by atoms with E-state index < -0.39 is 6.04 Å². The van der Waals surface area contributed by atoms with Gasteiger partial charge in [0.15, 0.2) is 17.3 Å². The highest BCUT2D eigenvalue weighted by Gasteiger charge is 2.27. The molecule has 1 aliphatic rings. The fourth-order valence-corrected chi connectivity index (χ4v) is 1.74. The summed E-state index contributed by atoms with van der Waals surface area (Å²) in [5, 5.41) is 18.7. The average molecular weight is 274 g/mol. The van der Waals surface area contributed by atoms with Crippen LogP contribution in [-0.2, 0) is 6.42 Å². The summed E-state index contributed by atoms with van der Waals surface area (Å²) in [7, 11) is 0. The van der Waals surface area contributed by atoms with Crippen molar-refractivity contribution in [3.05, 3.63) is 23.3 Å². The van der Waals surface area contributed by atoms with Gasteiger partial charge in [-0.3, -0.25) is 4.79 Å². The zero-order valence-corrected chi connectivity index (χ0v) is 9.65. The molecule has 1 aromatic carbocycles. The lowest BCUT2D eigenvalue weighted by Crippen LogP contribution is -2.35. The van der Waals surface area contributed by atoms with Crippen LogP contribution in [0.5, 0.6) is 11.5 Å². The Morgan fingerprint density at radius 3 is 2.67 bits per heavy atom. The van der Waals surface area contributed by atoms with Gasteiger partial charge in [0.2, 0.25) is 0 Å². The third-order valence-electron chi connectivity index (χ3n) is 2.57. The van der Waals surface area contributed by atoms with Crippen LogP contribution in [0.4, 0.5) is 0 Å². The Bertz CT molecular complexity index is 406. The van der Waals surface area contributed by atoms with E-state index in [2.05, 4.69) is 0 Å². The monoisotopic (exact) mass is 273 g/mol. The van der Waals surface area contributed by atoms with Gasteiger partial charge in [-0.1, -0.05) is 0 Å². The van der Waals surface area contributed by atoms with Gasteiger partial charge in [0.1, 0.15) is 0 Å². The van der Waals surface area contributed by atoms with E-state index in [1.807, 2.05) is 0 Å². The van der Waals surface area contributed by atoms with Crippen LogP contribution in [0.15, 0.2) is 12.1 Å². The van der Waals surface area contributed by atoms with Gasteiger partial charge in [-0.25, -0.2) is 0 Å². The first-order valence-electron chi connectivity index (χ1n) is 4.45. The molecular weight excluding hydrogens is 262 g/mol. The fourth-order valence-electron chi connectivity index (χ4n) is 1.74. The van der Waals surface area contributed by atoms with Gasteiger partial charge in [-0.05, 0) is 25.0 Å². The molecule has 0 fully saturated rings. The number of Topliss-reactive ketones (excluding diaryl/α,β-unsaturated/α-hetero) is 1. The van der Waals surface area contributed by atoms with Gasteiger partial charge in [0.05, 0.1) is 6.04 Å². The molecule has 0 saturated heterocycles. The maximum Gasteiger partial charge on any atom is 0.179 e. The summed E-state index contributed by atoms with van der Waals surface area (Å²) >= 11 is 0. The summed E-state index contributed by atoms with van der Waals surface area (Å²) in [4.78, 5) is 11.6. The zero-order valence-electron chi connectivity index (χ0n) is 7.93. The number of carbonyl (C=O) groups is 1. The molecule has 2 rings (SSSR count). The molecule has 4 N–H and O–H groups in total. The lowest BCUT2D eigenvalue weighted by atomic mass is 9.87. The molecule has 0 aromatic heterocycles. The number of carbonyl (C=O) groups excluding carboxylic acids is 1. The SMILES string of the molecule is Br.NC1CCc2c(ccc(O)c2O)C1=O. The van der Waals surface area contributed by atoms with Crippen LogP contribution in [0.1, 0.15) is 22.3 Å². The van der Waals surface area contributed by atoms with Crippen LogP contribution < -0.4 is 5.73 Å². The van der Waals surface area contributed by atoms with Crippen molar-refractivity contribution in [3.63, 3.8) is 0 Å². The average Bonchev–Trinajstić information content (AvgIpc) is 2.17. The summed E-state index contributed by atoms with van der Waals surface area (Å²) in [6, 6.07) is 2.34. The number of nitrogens with two attached hydrogens (primary N) is 1. The van der Waals surface area contributed by atoms with Gasteiger partial charge < -0.3 is 15.9 Å². The summed E-state index contributed by atoms with van der Waals surface area (Å²) in [6.45, 7) is 0. The summed E-state index contributed by atoms with van der Waals surface area (Å²) < 4.78 is 0. The molecular formula is C10H12BrNO3. The topological polar surface area (TPSA) is 83.6 Å². The van der Waals surface area contributed by atoms with E-state index >= 15 is 0 Å². The highest BCUT2D eigenvalue weighted by molar-refractivity contribution is 8.93. The molecule has 0 bridgehead atoms. The molecule has 4 nitrogen and oxygen atoms in total. The Balaban J connectivity index is 0.00000112. The first-order chi connectivity index (χ1) is 6.61. The minimum absolute atomic E-state index is 0. The number of benzene rings is 1. The van der Waals surface area contributed by atoms with E-state index in [1.165, 1.54) is 12.1 Å². The number of rotatable bonds is 0. The number of hydrogen-bond donors (Lipinski definition) is 3. The van der Waals surface area contributed by atoms with Crippen molar-refractivity contribution in [1.82, 2.24) is 0 Å². The Labute approximate surface area is 97.5 Å². The van der Waals surface area contributed by atoms with Crippen LogP contribution in [0.2, 0.25) is 0 Å². The predicted octanol–water partition coefficient (Wildman–Crippen LogP) is 1.13. The maximum atomic E-state index is 11.6. The Morgan fingerprint density at radius 1 is 1.33 bits per heavy atom. The summed E-state index contributed by atoms with van der Waals surface area (Å²) in [6.07, 6.45) is 1.05. The smallest absolute Gasteiger partial charge is 0.179 e.